The fraction of sp³-hybridized carbons (Fsp3) is 1.00. The molecule has 0 bridgehead atoms. The molecule has 124 valence electrons. The minimum atomic E-state index is -0.114. The molecular formula is C19H36O2. The first-order valence-corrected chi connectivity index (χ1v) is 9.00. The van der Waals surface area contributed by atoms with Crippen molar-refractivity contribution in [3.8, 4) is 0 Å². The molecule has 0 spiro atoms. The smallest absolute Gasteiger partial charge is 0.0568 e. The van der Waals surface area contributed by atoms with E-state index in [1.165, 1.54) is 0 Å². The van der Waals surface area contributed by atoms with E-state index in [9.17, 15) is 10.2 Å². The predicted molar refractivity (Wildman–Crippen MR) is 87.9 cm³/mol. The van der Waals surface area contributed by atoms with Gasteiger partial charge in [0.15, 0.2) is 0 Å². The van der Waals surface area contributed by atoms with Crippen molar-refractivity contribution in [2.24, 2.45) is 40.9 Å². The summed E-state index contributed by atoms with van der Waals surface area (Å²) in [5.74, 6) is 3.41. The standard InChI is InChI=1S/C19H36O2/c1-11-9-17(20)13(3)7-15(11)19(5,6)16-8-14(4)18(21)10-12(16)2/h11-18,20-21H,7-10H2,1-6H3. The van der Waals surface area contributed by atoms with Gasteiger partial charge in [-0.25, -0.2) is 0 Å². The third-order valence-corrected chi connectivity index (χ3v) is 7.08. The zero-order valence-electron chi connectivity index (χ0n) is 14.8. The van der Waals surface area contributed by atoms with Crippen molar-refractivity contribution >= 4 is 0 Å². The molecule has 2 aliphatic rings. The van der Waals surface area contributed by atoms with Crippen LogP contribution in [0.15, 0.2) is 0 Å². The third kappa shape index (κ3) is 3.32. The molecule has 2 heteroatoms. The zero-order chi connectivity index (χ0) is 15.9. The number of aliphatic hydroxyl groups excluding tert-OH is 2. The maximum Gasteiger partial charge on any atom is 0.0568 e. The van der Waals surface area contributed by atoms with Crippen molar-refractivity contribution in [3.63, 3.8) is 0 Å². The predicted octanol–water partition coefficient (Wildman–Crippen LogP) is 4.10. The van der Waals surface area contributed by atoms with E-state index in [2.05, 4.69) is 41.5 Å². The second-order valence-corrected chi connectivity index (χ2v) is 9.02. The molecule has 2 saturated carbocycles. The molecule has 0 amide bonds. The lowest BCUT2D eigenvalue weighted by atomic mass is 9.53. The molecule has 2 nitrogen and oxygen atoms in total. The molecule has 8 atom stereocenters. The Morgan fingerprint density at radius 1 is 0.619 bits per heavy atom. The highest BCUT2D eigenvalue weighted by Gasteiger charge is 2.47. The van der Waals surface area contributed by atoms with Gasteiger partial charge in [0.1, 0.15) is 0 Å². The summed E-state index contributed by atoms with van der Waals surface area (Å²) < 4.78 is 0. The lowest BCUT2D eigenvalue weighted by Crippen LogP contribution is -2.48. The Bertz CT molecular complexity index is 319. The van der Waals surface area contributed by atoms with Gasteiger partial charge in [-0.1, -0.05) is 41.5 Å². The Morgan fingerprint density at radius 3 is 1.29 bits per heavy atom. The molecular weight excluding hydrogens is 260 g/mol. The highest BCUT2D eigenvalue weighted by atomic mass is 16.3. The van der Waals surface area contributed by atoms with E-state index in [-0.39, 0.29) is 12.2 Å². The largest absolute Gasteiger partial charge is 0.393 e. The minimum Gasteiger partial charge on any atom is -0.393 e. The fourth-order valence-electron chi connectivity index (χ4n) is 5.48. The summed E-state index contributed by atoms with van der Waals surface area (Å²) in [7, 11) is 0. The van der Waals surface area contributed by atoms with Crippen LogP contribution in [0.4, 0.5) is 0 Å². The first-order valence-electron chi connectivity index (χ1n) is 9.00. The van der Waals surface area contributed by atoms with Gasteiger partial charge in [0.2, 0.25) is 0 Å². The lowest BCUT2D eigenvalue weighted by molar-refractivity contribution is -0.0758. The Hall–Kier alpha value is -0.0800. The van der Waals surface area contributed by atoms with E-state index >= 15 is 0 Å². The molecule has 0 aromatic heterocycles. The van der Waals surface area contributed by atoms with Gasteiger partial charge in [-0.2, -0.15) is 0 Å². The van der Waals surface area contributed by atoms with Gasteiger partial charge in [0.05, 0.1) is 12.2 Å². The van der Waals surface area contributed by atoms with E-state index < -0.39 is 0 Å². The average molecular weight is 296 g/mol. The first kappa shape index (κ1) is 17.3. The van der Waals surface area contributed by atoms with Crippen LogP contribution in [0.25, 0.3) is 0 Å². The Kier molecular flexibility index (Phi) is 5.10. The quantitative estimate of drug-likeness (QED) is 0.805. The summed E-state index contributed by atoms with van der Waals surface area (Å²) in [6.45, 7) is 14.0. The fourth-order valence-corrected chi connectivity index (χ4v) is 5.48. The van der Waals surface area contributed by atoms with Crippen LogP contribution in [-0.4, -0.2) is 22.4 Å². The van der Waals surface area contributed by atoms with Crippen LogP contribution in [0.5, 0.6) is 0 Å². The number of rotatable bonds is 2. The number of hydrogen-bond donors (Lipinski definition) is 2. The topological polar surface area (TPSA) is 40.5 Å². The van der Waals surface area contributed by atoms with Gasteiger partial charge in [0, 0.05) is 0 Å². The van der Waals surface area contributed by atoms with Gasteiger partial charge >= 0.3 is 0 Å². The van der Waals surface area contributed by atoms with Crippen molar-refractivity contribution in [1.82, 2.24) is 0 Å². The second-order valence-electron chi connectivity index (χ2n) is 9.02. The van der Waals surface area contributed by atoms with E-state index in [4.69, 9.17) is 0 Å². The van der Waals surface area contributed by atoms with Crippen LogP contribution in [0.2, 0.25) is 0 Å². The van der Waals surface area contributed by atoms with Crippen molar-refractivity contribution in [1.29, 1.82) is 0 Å². The molecule has 0 saturated heterocycles. The maximum atomic E-state index is 10.1. The molecule has 0 aromatic rings. The summed E-state index contributed by atoms with van der Waals surface area (Å²) in [4.78, 5) is 0. The molecule has 0 aromatic carbocycles. The molecule has 0 aliphatic heterocycles. The Morgan fingerprint density at radius 2 is 0.952 bits per heavy atom. The molecule has 2 fully saturated rings. The van der Waals surface area contributed by atoms with Gasteiger partial charge in [0.25, 0.3) is 0 Å². The second kappa shape index (κ2) is 6.20. The van der Waals surface area contributed by atoms with Crippen LogP contribution in [0, 0.1) is 40.9 Å². The highest BCUT2D eigenvalue weighted by molar-refractivity contribution is 4.97. The summed E-state index contributed by atoms with van der Waals surface area (Å²) in [5.41, 5.74) is 0.293. The molecule has 2 aliphatic carbocycles. The maximum absolute atomic E-state index is 10.1. The zero-order valence-corrected chi connectivity index (χ0v) is 14.8. The van der Waals surface area contributed by atoms with Crippen LogP contribution in [0.3, 0.4) is 0 Å². The van der Waals surface area contributed by atoms with Crippen LogP contribution >= 0.6 is 0 Å². The van der Waals surface area contributed by atoms with Crippen LogP contribution in [0.1, 0.15) is 67.2 Å². The SMILES string of the molecule is CC1CC(C(C)(C)C2CC(C)C(O)CC2C)C(C)CC1O. The van der Waals surface area contributed by atoms with E-state index in [1.807, 2.05) is 0 Å². The number of aliphatic hydroxyl groups is 2. The van der Waals surface area contributed by atoms with Crippen molar-refractivity contribution in [3.05, 3.63) is 0 Å². The first-order chi connectivity index (χ1) is 9.64. The Labute approximate surface area is 131 Å². The molecule has 2 rings (SSSR count). The van der Waals surface area contributed by atoms with Crippen molar-refractivity contribution in [2.75, 3.05) is 0 Å². The van der Waals surface area contributed by atoms with E-state index in [0.29, 0.717) is 40.9 Å². The monoisotopic (exact) mass is 296 g/mol. The summed E-state index contributed by atoms with van der Waals surface area (Å²) >= 11 is 0. The normalized spacial score (nSPS) is 49.1. The van der Waals surface area contributed by atoms with Crippen LogP contribution < -0.4 is 0 Å². The van der Waals surface area contributed by atoms with Gasteiger partial charge in [-0.3, -0.25) is 0 Å². The minimum absolute atomic E-state index is 0.114. The van der Waals surface area contributed by atoms with Gasteiger partial charge in [-0.15, -0.1) is 0 Å². The molecule has 8 unspecified atom stereocenters. The van der Waals surface area contributed by atoms with E-state index in [1.54, 1.807) is 0 Å². The van der Waals surface area contributed by atoms with Crippen molar-refractivity contribution in [2.45, 2.75) is 79.4 Å². The molecule has 0 radical (unpaired) electrons. The highest BCUT2D eigenvalue weighted by Crippen LogP contribution is 2.53. The van der Waals surface area contributed by atoms with Gasteiger partial charge in [-0.05, 0) is 66.6 Å². The van der Waals surface area contributed by atoms with E-state index in [0.717, 1.165) is 25.7 Å². The third-order valence-electron chi connectivity index (χ3n) is 7.08. The summed E-state index contributed by atoms with van der Waals surface area (Å²) in [6, 6.07) is 0. The summed E-state index contributed by atoms with van der Waals surface area (Å²) in [5, 5.41) is 20.3. The molecule has 2 N–H and O–H groups in total. The van der Waals surface area contributed by atoms with Crippen molar-refractivity contribution < 1.29 is 10.2 Å². The number of hydrogen-bond acceptors (Lipinski definition) is 2. The molecule has 0 heterocycles. The average Bonchev–Trinajstić information content (AvgIpc) is 2.37. The summed E-state index contributed by atoms with van der Waals surface area (Å²) in [6.07, 6.45) is 3.97. The van der Waals surface area contributed by atoms with Crippen LogP contribution in [-0.2, 0) is 0 Å². The lowest BCUT2D eigenvalue weighted by Gasteiger charge is -2.53. The van der Waals surface area contributed by atoms with Gasteiger partial charge < -0.3 is 10.2 Å². The molecule has 21 heavy (non-hydrogen) atoms. The Balaban J connectivity index is 2.16.